The van der Waals surface area contributed by atoms with Gasteiger partial charge in [-0.2, -0.15) is 0 Å². The van der Waals surface area contributed by atoms with Gasteiger partial charge in [-0.3, -0.25) is 9.97 Å². The minimum Gasteiger partial charge on any atom is -0.382 e. The van der Waals surface area contributed by atoms with Crippen LogP contribution >= 0.6 is 85.0 Å². The van der Waals surface area contributed by atoms with Crippen molar-refractivity contribution in [1.82, 2.24) is 30.2 Å². The highest BCUT2D eigenvalue weighted by Gasteiger charge is 2.58. The molecular formula is C55H46BrCl4F2N7O6S2. The number of pyridine rings is 2. The molecule has 0 radical (unpaired) electrons. The van der Waals surface area contributed by atoms with Crippen molar-refractivity contribution >= 4 is 111 Å². The number of rotatable bonds is 12. The van der Waals surface area contributed by atoms with E-state index in [0.29, 0.717) is 118 Å². The lowest BCUT2D eigenvalue weighted by molar-refractivity contribution is -0.116. The van der Waals surface area contributed by atoms with Crippen LogP contribution in [0.2, 0.25) is 20.1 Å². The van der Waals surface area contributed by atoms with Gasteiger partial charge in [0.2, 0.25) is 0 Å². The number of hydrogen-bond acceptors (Lipinski definition) is 14. The second-order valence-electron chi connectivity index (χ2n) is 21.3. The van der Waals surface area contributed by atoms with Gasteiger partial charge in [0.15, 0.2) is 11.5 Å². The Labute approximate surface area is 476 Å². The van der Waals surface area contributed by atoms with Crippen molar-refractivity contribution < 1.29 is 37.5 Å². The summed E-state index contributed by atoms with van der Waals surface area (Å²) >= 11 is 31.8. The number of nitrogens with zero attached hydrogens (tertiary/aromatic N) is 7. The second-order valence-corrected chi connectivity index (χ2v) is 25.9. The summed E-state index contributed by atoms with van der Waals surface area (Å²) in [5.41, 5.74) is 2.68. The standard InChI is InChI=1S/C28H23Cl2FN4O3S.C27H23BrCl2FN3O3S/c1-32-16-8-21(31)25-22(9-16)39-27(34-25)28(36)14-4-5-15(28)7-17(6-14)37-12-18-24(35-38-26(18)13-2-3-13)23-19(29)10-33-11-20(23)30;28-15-7-20(31)24-21(8-15)38-26(33-24)27(35)13-3-4-14(27)6-16(5-13)36-11-17-23(34-37-25(17)12-1-2-12)22-18(29)9-32-10-19(22)30/h8-11,13-15,17,36H,2-7,12H2;7-10,12-14,16,35H,1-6,11H2/t14-,15+,17?,28?;13-,14+,16?,27?. The molecule has 0 amide bonds. The van der Waals surface area contributed by atoms with Crippen LogP contribution in [0, 0.1) is 41.9 Å². The van der Waals surface area contributed by atoms with E-state index in [1.54, 1.807) is 18.5 Å². The smallest absolute Gasteiger partial charge is 0.191 e. The van der Waals surface area contributed by atoms with E-state index in [1.165, 1.54) is 47.2 Å². The maximum atomic E-state index is 14.6. The van der Waals surface area contributed by atoms with Crippen LogP contribution in [0.25, 0.3) is 47.8 Å². The third kappa shape index (κ3) is 9.30. The van der Waals surface area contributed by atoms with Gasteiger partial charge in [-0.25, -0.2) is 23.6 Å². The molecule has 6 saturated carbocycles. The molecule has 0 saturated heterocycles. The van der Waals surface area contributed by atoms with Crippen molar-refractivity contribution in [3.05, 3.63) is 129 Å². The van der Waals surface area contributed by atoms with E-state index < -0.39 is 17.0 Å². The van der Waals surface area contributed by atoms with Crippen LogP contribution in [0.15, 0.2) is 62.6 Å². The third-order valence-corrected chi connectivity index (χ3v) is 20.6. The number of fused-ring (bicyclic) bond motifs is 6. The molecule has 2 N–H and O–H groups in total. The molecule has 22 heteroatoms. The first-order valence-electron chi connectivity index (χ1n) is 25.7. The van der Waals surface area contributed by atoms with Gasteiger partial charge in [0.05, 0.1) is 56.8 Å². The molecule has 77 heavy (non-hydrogen) atoms. The molecule has 398 valence electrons. The van der Waals surface area contributed by atoms with Gasteiger partial charge in [0, 0.05) is 68.0 Å². The van der Waals surface area contributed by atoms with Gasteiger partial charge < -0.3 is 28.7 Å². The maximum Gasteiger partial charge on any atom is 0.191 e. The number of aliphatic hydroxyl groups is 2. The van der Waals surface area contributed by atoms with Crippen LogP contribution < -0.4 is 0 Å². The number of hydrogen-bond donors (Lipinski definition) is 2. The normalized spacial score (nSPS) is 26.6. The third-order valence-electron chi connectivity index (χ3n) is 16.7. The maximum absolute atomic E-state index is 14.6. The van der Waals surface area contributed by atoms with Crippen LogP contribution in [-0.2, 0) is 33.9 Å². The molecule has 8 atom stereocenters. The number of thiazole rings is 2. The highest BCUT2D eigenvalue weighted by atomic mass is 79.9. The second kappa shape index (κ2) is 20.4. The minimum absolute atomic E-state index is 0.00718. The summed E-state index contributed by atoms with van der Waals surface area (Å²) in [5, 5.41) is 35.3. The fraction of sp³-hybridized carbons (Fsp3) is 0.436. The zero-order chi connectivity index (χ0) is 53.1. The van der Waals surface area contributed by atoms with E-state index in [4.69, 9.17) is 71.5 Å². The van der Waals surface area contributed by atoms with E-state index >= 15 is 0 Å². The van der Waals surface area contributed by atoms with Crippen molar-refractivity contribution in [2.75, 3.05) is 0 Å². The Morgan fingerprint density at radius 3 is 1.43 bits per heavy atom. The van der Waals surface area contributed by atoms with Crippen molar-refractivity contribution in [3.8, 4) is 22.5 Å². The molecule has 2 aromatic carbocycles. The largest absolute Gasteiger partial charge is 0.382 e. The molecule has 6 aliphatic rings. The molecule has 14 rings (SSSR count). The van der Waals surface area contributed by atoms with Crippen molar-refractivity contribution in [3.63, 3.8) is 0 Å². The van der Waals surface area contributed by atoms with Crippen molar-refractivity contribution in [2.24, 2.45) is 23.7 Å². The Hall–Kier alpha value is -4.23. The number of benzene rings is 2. The SMILES string of the molecule is OC1(c2nc3c(F)cc(Br)cc3s2)[C@@H]2CC[C@H]1CC(OCc1c(-c3c(Cl)cncc3Cl)noc1C1CC1)C2.[C-]#[N+]c1cc(F)c2nc(C3(O)[C@@H]4CC[C@H]3CC(OCc3c(-c5c(Cl)cncc5Cl)noc3C3CC3)C4)sc2c1. The average Bonchev–Trinajstić information content (AvgIpc) is 4.33. The first kappa shape index (κ1) is 52.2. The van der Waals surface area contributed by atoms with Gasteiger partial charge in [-0.15, -0.1) is 22.7 Å². The first-order valence-corrected chi connectivity index (χ1v) is 29.6. The van der Waals surface area contributed by atoms with Crippen molar-refractivity contribution in [1.29, 1.82) is 0 Å². The summed E-state index contributed by atoms with van der Waals surface area (Å²) in [6.45, 7) is 7.84. The van der Waals surface area contributed by atoms with Crippen LogP contribution in [0.1, 0.15) is 122 Å². The van der Waals surface area contributed by atoms with Gasteiger partial charge in [-0.05, 0) is 125 Å². The van der Waals surface area contributed by atoms with Gasteiger partial charge in [-0.1, -0.05) is 72.6 Å². The summed E-state index contributed by atoms with van der Waals surface area (Å²) in [5.74, 6) is 1.27. The Morgan fingerprint density at radius 2 is 1.03 bits per heavy atom. The van der Waals surface area contributed by atoms with Crippen LogP contribution in [-0.4, -0.2) is 52.7 Å². The molecule has 4 unspecified atom stereocenters. The Balaban J connectivity index is 0.000000147. The van der Waals surface area contributed by atoms with Gasteiger partial charge in [0.1, 0.15) is 61.0 Å². The molecule has 4 bridgehead atoms. The van der Waals surface area contributed by atoms with E-state index in [9.17, 15) is 19.0 Å². The molecule has 6 aliphatic carbocycles. The highest BCUT2D eigenvalue weighted by Crippen LogP contribution is 2.59. The molecular weight excluding hydrogens is 1180 g/mol. The van der Waals surface area contributed by atoms with Crippen LogP contribution in [0.5, 0.6) is 0 Å². The summed E-state index contributed by atoms with van der Waals surface area (Å²) in [6.07, 6.45) is 16.4. The lowest BCUT2D eigenvalue weighted by Gasteiger charge is -2.41. The molecule has 6 fully saturated rings. The molecule has 13 nitrogen and oxygen atoms in total. The van der Waals surface area contributed by atoms with Gasteiger partial charge in [0.25, 0.3) is 0 Å². The number of aromatic nitrogens is 6. The quantitative estimate of drug-likeness (QED) is 0.111. The Kier molecular flexibility index (Phi) is 13.8. The zero-order valence-corrected chi connectivity index (χ0v) is 47.0. The van der Waals surface area contributed by atoms with Crippen LogP contribution in [0.4, 0.5) is 14.5 Å². The summed E-state index contributed by atoms with van der Waals surface area (Å²) in [6, 6.07) is 6.11. The average molecular weight is 1220 g/mol. The summed E-state index contributed by atoms with van der Waals surface area (Å²) in [4.78, 5) is 20.6. The molecule has 6 aromatic heterocycles. The predicted octanol–water partition coefficient (Wildman–Crippen LogP) is 15.8. The highest BCUT2D eigenvalue weighted by molar-refractivity contribution is 9.10. The van der Waals surface area contributed by atoms with E-state index in [-0.39, 0.29) is 52.9 Å². The topological polar surface area (TPSA) is 167 Å². The number of ether oxygens (including phenoxy) is 2. The van der Waals surface area contributed by atoms with Crippen LogP contribution in [0.3, 0.4) is 0 Å². The summed E-state index contributed by atoms with van der Waals surface area (Å²) < 4.78 is 55.6. The zero-order valence-electron chi connectivity index (χ0n) is 40.8. The van der Waals surface area contributed by atoms with E-state index in [2.05, 4.69) is 51.0 Å². The van der Waals surface area contributed by atoms with Gasteiger partial charge >= 0.3 is 0 Å². The van der Waals surface area contributed by atoms with E-state index in [1.807, 2.05) is 6.07 Å². The minimum atomic E-state index is -1.13. The molecule has 8 aromatic rings. The monoisotopic (exact) mass is 1220 g/mol. The summed E-state index contributed by atoms with van der Waals surface area (Å²) in [7, 11) is 0. The molecule has 0 spiro atoms. The lowest BCUT2D eigenvalue weighted by atomic mass is 9.73. The Bertz CT molecular complexity index is 3610. The predicted molar refractivity (Wildman–Crippen MR) is 292 cm³/mol. The fourth-order valence-electron chi connectivity index (χ4n) is 12.6. The molecule has 6 heterocycles. The Morgan fingerprint density at radius 1 is 0.623 bits per heavy atom. The molecule has 0 aliphatic heterocycles. The lowest BCUT2D eigenvalue weighted by Crippen LogP contribution is -2.44. The fourth-order valence-corrected chi connectivity index (χ4v) is 16.8. The first-order chi connectivity index (χ1) is 37.2. The number of halogens is 7. The van der Waals surface area contributed by atoms with Crippen molar-refractivity contribution in [2.45, 2.75) is 126 Å². The van der Waals surface area contributed by atoms with E-state index in [0.717, 1.165) is 78.7 Å².